The summed E-state index contributed by atoms with van der Waals surface area (Å²) in [5, 5.41) is 21.2. The molecule has 2 aromatic carbocycles. The molecule has 0 unspecified atom stereocenters. The third kappa shape index (κ3) is 8.25. The third-order valence-electron chi connectivity index (χ3n) is 3.51. The van der Waals surface area contributed by atoms with Gasteiger partial charge in [0.2, 0.25) is 0 Å². The van der Waals surface area contributed by atoms with Crippen molar-refractivity contribution in [2.45, 2.75) is 39.5 Å². The molecule has 0 bridgehead atoms. The van der Waals surface area contributed by atoms with Gasteiger partial charge in [0.15, 0.2) is 0 Å². The largest absolute Gasteiger partial charge is 2.00 e. The molecule has 0 aliphatic carbocycles. The van der Waals surface area contributed by atoms with Gasteiger partial charge in [-0.1, -0.05) is 75.2 Å². The number of carboxylic acids is 2. The number of hydrogen-bond donors (Lipinski definition) is 0. The zero-order chi connectivity index (χ0) is 17.9. The number of carbonyl (C=O) groups is 2. The van der Waals surface area contributed by atoms with E-state index in [0.29, 0.717) is 11.1 Å². The van der Waals surface area contributed by atoms with E-state index in [2.05, 4.69) is 0 Å². The number of benzene rings is 2. The van der Waals surface area contributed by atoms with Gasteiger partial charge < -0.3 is 19.8 Å². The van der Waals surface area contributed by atoms with Crippen molar-refractivity contribution in [2.75, 3.05) is 0 Å². The molecule has 2 rings (SSSR count). The van der Waals surface area contributed by atoms with Gasteiger partial charge in [-0.25, -0.2) is 0 Å². The Hall–Kier alpha value is -1.05. The van der Waals surface area contributed by atoms with Crippen LogP contribution in [0, 0.1) is 0 Å². The summed E-state index contributed by atoms with van der Waals surface area (Å²) in [5.74, 6) is -2.17. The van der Waals surface area contributed by atoms with Crippen LogP contribution < -0.4 is 10.2 Å². The van der Waals surface area contributed by atoms with Crippen LogP contribution in [-0.4, -0.2) is 60.8 Å². The van der Waals surface area contributed by atoms with Crippen molar-refractivity contribution in [1.82, 2.24) is 0 Å². The van der Waals surface area contributed by atoms with Gasteiger partial charge in [-0.2, -0.15) is 0 Å². The summed E-state index contributed by atoms with van der Waals surface area (Å²) in [5.41, 5.74) is 2.36. The van der Waals surface area contributed by atoms with Crippen molar-refractivity contribution in [2.24, 2.45) is 0 Å². The van der Waals surface area contributed by atoms with Crippen LogP contribution in [0.5, 0.6) is 0 Å². The first-order chi connectivity index (χ1) is 11.5. The number of carboxylic acid groups (broad SMARTS) is 2. The number of carbonyl (C=O) groups excluding carboxylic acids is 2. The maximum absolute atomic E-state index is 10.6. The van der Waals surface area contributed by atoms with Crippen LogP contribution in [0.1, 0.15) is 58.5 Å². The van der Waals surface area contributed by atoms with E-state index in [1.807, 2.05) is 38.1 Å². The van der Waals surface area contributed by atoms with Crippen LogP contribution >= 0.6 is 0 Å². The molecule has 128 valence electrons. The predicted molar refractivity (Wildman–Crippen MR) is 95.3 cm³/mol. The van der Waals surface area contributed by atoms with Gasteiger partial charge in [0.25, 0.3) is 0 Å². The van der Waals surface area contributed by atoms with E-state index in [0.717, 1.165) is 36.8 Å². The third-order valence-corrected chi connectivity index (χ3v) is 3.51. The van der Waals surface area contributed by atoms with E-state index < -0.39 is 11.9 Å². The molecule has 0 spiro atoms. The summed E-state index contributed by atoms with van der Waals surface area (Å²) in [7, 11) is 0. The van der Waals surface area contributed by atoms with Gasteiger partial charge >= 0.3 is 48.9 Å². The second-order valence-electron chi connectivity index (χ2n) is 5.39. The smallest absolute Gasteiger partial charge is 0.545 e. The number of aryl methyl sites for hydroxylation is 2. The summed E-state index contributed by atoms with van der Waals surface area (Å²) in [6, 6.07) is 13.9. The first-order valence-electron chi connectivity index (χ1n) is 8.09. The van der Waals surface area contributed by atoms with Gasteiger partial charge in [-0.15, -0.1) is 0 Å². The van der Waals surface area contributed by atoms with Crippen LogP contribution in [0.15, 0.2) is 48.5 Å². The number of rotatable bonds is 6. The van der Waals surface area contributed by atoms with Gasteiger partial charge in [-0.3, -0.25) is 0 Å². The monoisotopic (exact) mass is 464 g/mol. The fourth-order valence-corrected chi connectivity index (χ4v) is 2.41. The molecule has 0 saturated heterocycles. The zero-order valence-electron chi connectivity index (χ0n) is 14.8. The first-order valence-corrected chi connectivity index (χ1v) is 8.09. The van der Waals surface area contributed by atoms with Gasteiger partial charge in [-0.05, 0) is 24.0 Å². The van der Waals surface area contributed by atoms with E-state index >= 15 is 0 Å². The molecule has 0 aliphatic rings. The standard InChI is InChI=1S/2C10H12O2.Ba/c2*1-2-5-8-6-3-4-7-9(8)10(11)12;/h2*3-4,6-7H,2,5H2,1H3,(H,11,12);/q;;+2/p-2. The molecule has 0 atom stereocenters. The molecule has 0 aliphatic heterocycles. The Labute approximate surface area is 189 Å². The fourth-order valence-electron chi connectivity index (χ4n) is 2.41. The SMILES string of the molecule is CCCc1ccccc1C(=O)[O-].CCCc1ccccc1C(=O)[O-].[Ba+2]. The Morgan fingerprint density at radius 2 is 1.04 bits per heavy atom. The topological polar surface area (TPSA) is 80.3 Å². The molecule has 4 nitrogen and oxygen atoms in total. The Kier molecular flexibility index (Phi) is 12.6. The van der Waals surface area contributed by atoms with E-state index in [9.17, 15) is 19.8 Å². The molecule has 2 aromatic rings. The predicted octanol–water partition coefficient (Wildman–Crippen LogP) is 1.62. The quantitative estimate of drug-likeness (QED) is 0.610. The van der Waals surface area contributed by atoms with Crippen molar-refractivity contribution < 1.29 is 19.8 Å². The van der Waals surface area contributed by atoms with E-state index in [4.69, 9.17) is 0 Å². The summed E-state index contributed by atoms with van der Waals surface area (Å²) in [6.07, 6.45) is 3.49. The van der Waals surface area contributed by atoms with Crippen LogP contribution in [0.3, 0.4) is 0 Å². The fraction of sp³-hybridized carbons (Fsp3) is 0.300. The average Bonchev–Trinajstić information content (AvgIpc) is 2.57. The van der Waals surface area contributed by atoms with E-state index in [1.54, 1.807) is 24.3 Å². The van der Waals surface area contributed by atoms with Crippen molar-refractivity contribution in [3.8, 4) is 0 Å². The minimum atomic E-state index is -1.08. The Morgan fingerprint density at radius 3 is 1.32 bits per heavy atom. The normalized spacial score (nSPS) is 9.36. The van der Waals surface area contributed by atoms with Gasteiger partial charge in [0.1, 0.15) is 0 Å². The first kappa shape index (κ1) is 24.0. The molecular weight excluding hydrogens is 442 g/mol. The molecule has 0 N–H and O–H groups in total. The Balaban J connectivity index is 0.000000443. The summed E-state index contributed by atoms with van der Waals surface area (Å²) >= 11 is 0. The van der Waals surface area contributed by atoms with Crippen LogP contribution in [0.4, 0.5) is 0 Å². The van der Waals surface area contributed by atoms with Gasteiger partial charge in [0, 0.05) is 11.1 Å². The molecule has 5 heteroatoms. The minimum Gasteiger partial charge on any atom is -0.545 e. The van der Waals surface area contributed by atoms with Crippen LogP contribution in [0.2, 0.25) is 0 Å². The molecule has 0 amide bonds. The average molecular weight is 464 g/mol. The van der Waals surface area contributed by atoms with Crippen molar-refractivity contribution >= 4 is 60.8 Å². The van der Waals surface area contributed by atoms with Gasteiger partial charge in [0.05, 0.1) is 11.9 Å². The van der Waals surface area contributed by atoms with Crippen molar-refractivity contribution in [3.05, 3.63) is 70.8 Å². The Bertz CT molecular complexity index is 623. The molecular formula is C20H22BaO4. The van der Waals surface area contributed by atoms with Crippen molar-refractivity contribution in [3.63, 3.8) is 0 Å². The number of aromatic carboxylic acids is 2. The summed E-state index contributed by atoms with van der Waals surface area (Å²) < 4.78 is 0. The maximum Gasteiger partial charge on any atom is 2.00 e. The minimum absolute atomic E-state index is 0. The van der Waals surface area contributed by atoms with Crippen LogP contribution in [-0.2, 0) is 12.8 Å². The molecule has 0 fully saturated rings. The molecule has 0 radical (unpaired) electrons. The second kappa shape index (κ2) is 13.2. The molecule has 25 heavy (non-hydrogen) atoms. The molecule has 0 aromatic heterocycles. The molecule has 0 heterocycles. The Morgan fingerprint density at radius 1 is 0.720 bits per heavy atom. The van der Waals surface area contributed by atoms with E-state index in [1.165, 1.54) is 0 Å². The number of hydrogen-bond acceptors (Lipinski definition) is 4. The summed E-state index contributed by atoms with van der Waals surface area (Å²) in [6.45, 7) is 4.04. The second-order valence-corrected chi connectivity index (χ2v) is 5.39. The van der Waals surface area contributed by atoms with Crippen molar-refractivity contribution in [1.29, 1.82) is 0 Å². The van der Waals surface area contributed by atoms with Crippen LogP contribution in [0.25, 0.3) is 0 Å². The zero-order valence-corrected chi connectivity index (χ0v) is 19.2. The summed E-state index contributed by atoms with van der Waals surface area (Å²) in [4.78, 5) is 21.2. The maximum atomic E-state index is 10.6. The molecule has 0 saturated carbocycles. The van der Waals surface area contributed by atoms with E-state index in [-0.39, 0.29) is 48.9 Å².